The molecular formula is C11H10ClN3OS. The quantitative estimate of drug-likeness (QED) is 0.868. The number of ether oxygens (including phenoxy) is 1. The van der Waals surface area contributed by atoms with Crippen molar-refractivity contribution in [2.45, 2.75) is 0 Å². The fraction of sp³-hybridized carbons (Fsp3) is 0.0909. The van der Waals surface area contributed by atoms with Crippen LogP contribution in [0, 0.1) is 0 Å². The molecule has 4 nitrogen and oxygen atoms in total. The average molecular weight is 268 g/mol. The largest absolute Gasteiger partial charge is 0.453 e. The zero-order valence-electron chi connectivity index (χ0n) is 9.05. The minimum absolute atomic E-state index is 0.264. The van der Waals surface area contributed by atoms with Crippen molar-refractivity contribution in [3.05, 3.63) is 41.2 Å². The van der Waals surface area contributed by atoms with Crippen molar-refractivity contribution in [3.8, 4) is 11.5 Å². The first-order valence-corrected chi connectivity index (χ1v) is 5.61. The molecule has 6 heteroatoms. The molecule has 1 heterocycles. The Morgan fingerprint density at radius 3 is 2.88 bits per heavy atom. The minimum atomic E-state index is 0.264. The van der Waals surface area contributed by atoms with Gasteiger partial charge >= 0.3 is 0 Å². The van der Waals surface area contributed by atoms with Gasteiger partial charge in [0.25, 0.3) is 0 Å². The maximum atomic E-state index is 5.91. The van der Waals surface area contributed by atoms with E-state index in [0.717, 1.165) is 0 Å². The first-order valence-electron chi connectivity index (χ1n) is 4.82. The molecule has 2 rings (SSSR count). The van der Waals surface area contributed by atoms with Crippen LogP contribution in [0.5, 0.6) is 11.5 Å². The molecule has 0 aliphatic rings. The van der Waals surface area contributed by atoms with Gasteiger partial charge in [0.2, 0.25) is 0 Å². The zero-order chi connectivity index (χ0) is 12.4. The summed E-state index contributed by atoms with van der Waals surface area (Å²) in [5.74, 6) is 1.13. The predicted octanol–water partition coefficient (Wildman–Crippen LogP) is 2.50. The Morgan fingerprint density at radius 1 is 1.53 bits per heavy atom. The lowest BCUT2D eigenvalue weighted by Gasteiger charge is -2.08. The van der Waals surface area contributed by atoms with E-state index in [0.29, 0.717) is 22.1 Å². The molecule has 0 saturated carbocycles. The average Bonchev–Trinajstić information content (AvgIpc) is 2.63. The van der Waals surface area contributed by atoms with Crippen LogP contribution in [0.3, 0.4) is 0 Å². The van der Waals surface area contributed by atoms with E-state index in [1.807, 2.05) is 0 Å². The van der Waals surface area contributed by atoms with Gasteiger partial charge < -0.3 is 10.5 Å². The lowest BCUT2D eigenvalue weighted by Crippen LogP contribution is -2.10. The third-order valence-electron chi connectivity index (χ3n) is 2.12. The molecule has 0 spiro atoms. The Labute approximate surface area is 109 Å². The first kappa shape index (κ1) is 11.9. The lowest BCUT2D eigenvalue weighted by atomic mass is 10.2. The van der Waals surface area contributed by atoms with E-state index in [1.54, 1.807) is 42.3 Å². The van der Waals surface area contributed by atoms with Crippen molar-refractivity contribution >= 4 is 28.8 Å². The number of nitrogens with two attached hydrogens (primary N) is 1. The third kappa shape index (κ3) is 2.75. The fourth-order valence-corrected chi connectivity index (χ4v) is 1.69. The van der Waals surface area contributed by atoms with E-state index in [4.69, 9.17) is 34.3 Å². The predicted molar refractivity (Wildman–Crippen MR) is 70.6 cm³/mol. The monoisotopic (exact) mass is 267 g/mol. The zero-order valence-corrected chi connectivity index (χ0v) is 10.6. The Hall–Kier alpha value is -1.59. The van der Waals surface area contributed by atoms with E-state index in [9.17, 15) is 0 Å². The Kier molecular flexibility index (Phi) is 3.31. The number of benzene rings is 1. The molecule has 2 N–H and O–H groups in total. The molecule has 0 bridgehead atoms. The van der Waals surface area contributed by atoms with E-state index in [-0.39, 0.29) is 4.99 Å². The smallest absolute Gasteiger partial charge is 0.165 e. The maximum absolute atomic E-state index is 5.91. The van der Waals surface area contributed by atoms with Gasteiger partial charge in [-0.2, -0.15) is 5.10 Å². The summed E-state index contributed by atoms with van der Waals surface area (Å²) in [6, 6.07) is 5.12. The number of rotatable bonds is 3. The molecule has 0 unspecified atom stereocenters. The highest BCUT2D eigenvalue weighted by atomic mass is 35.5. The van der Waals surface area contributed by atoms with Gasteiger partial charge in [0.1, 0.15) is 10.7 Å². The number of aromatic nitrogens is 2. The summed E-state index contributed by atoms with van der Waals surface area (Å²) in [5.41, 5.74) is 6.26. The van der Waals surface area contributed by atoms with Crippen LogP contribution in [0.1, 0.15) is 5.56 Å². The first-order chi connectivity index (χ1) is 8.06. The topological polar surface area (TPSA) is 53.1 Å². The Balaban J connectivity index is 2.37. The SMILES string of the molecule is Cn1cc(Oc2cc(Cl)ccc2C(N)=S)cn1. The Morgan fingerprint density at radius 2 is 2.29 bits per heavy atom. The lowest BCUT2D eigenvalue weighted by molar-refractivity contribution is 0.481. The van der Waals surface area contributed by atoms with Crippen molar-refractivity contribution in [1.82, 2.24) is 9.78 Å². The summed E-state index contributed by atoms with van der Waals surface area (Å²) in [5, 5.41) is 4.56. The van der Waals surface area contributed by atoms with Gasteiger partial charge in [-0.3, -0.25) is 4.68 Å². The Bertz CT molecular complexity index is 568. The molecule has 0 fully saturated rings. The molecule has 0 atom stereocenters. The molecule has 1 aromatic heterocycles. The van der Waals surface area contributed by atoms with Gasteiger partial charge in [-0.25, -0.2) is 0 Å². The molecule has 0 saturated heterocycles. The third-order valence-corrected chi connectivity index (χ3v) is 2.57. The van der Waals surface area contributed by atoms with Crippen LogP contribution in [-0.4, -0.2) is 14.8 Å². The molecule has 0 aliphatic carbocycles. The minimum Gasteiger partial charge on any atom is -0.453 e. The second kappa shape index (κ2) is 4.73. The van der Waals surface area contributed by atoms with Crippen LogP contribution in [-0.2, 0) is 7.05 Å². The van der Waals surface area contributed by atoms with Gasteiger partial charge in [-0.1, -0.05) is 23.8 Å². The summed E-state index contributed by atoms with van der Waals surface area (Å²) in [7, 11) is 1.80. The molecule has 17 heavy (non-hydrogen) atoms. The number of hydrogen-bond acceptors (Lipinski definition) is 3. The summed E-state index contributed by atoms with van der Waals surface area (Å²) in [4.78, 5) is 0.264. The highest BCUT2D eigenvalue weighted by Gasteiger charge is 2.09. The van der Waals surface area contributed by atoms with Crippen LogP contribution in [0.2, 0.25) is 5.02 Å². The van der Waals surface area contributed by atoms with Crippen LogP contribution in [0.25, 0.3) is 0 Å². The molecule has 0 aliphatic heterocycles. The highest BCUT2D eigenvalue weighted by Crippen LogP contribution is 2.28. The van der Waals surface area contributed by atoms with Gasteiger partial charge in [0.15, 0.2) is 5.75 Å². The van der Waals surface area contributed by atoms with E-state index < -0.39 is 0 Å². The van der Waals surface area contributed by atoms with Gasteiger partial charge in [-0.15, -0.1) is 0 Å². The number of nitrogens with zero attached hydrogens (tertiary/aromatic N) is 2. The number of aryl methyl sites for hydroxylation is 1. The summed E-state index contributed by atoms with van der Waals surface area (Å²) < 4.78 is 7.28. The summed E-state index contributed by atoms with van der Waals surface area (Å²) >= 11 is 10.9. The van der Waals surface area contributed by atoms with E-state index in [1.165, 1.54) is 0 Å². The number of halogens is 1. The second-order valence-electron chi connectivity index (χ2n) is 3.46. The van der Waals surface area contributed by atoms with E-state index >= 15 is 0 Å². The van der Waals surface area contributed by atoms with Gasteiger partial charge in [0, 0.05) is 18.1 Å². The van der Waals surface area contributed by atoms with E-state index in [2.05, 4.69) is 5.10 Å². The van der Waals surface area contributed by atoms with Gasteiger partial charge in [0.05, 0.1) is 18.0 Å². The highest BCUT2D eigenvalue weighted by molar-refractivity contribution is 7.80. The van der Waals surface area contributed by atoms with Gasteiger partial charge in [-0.05, 0) is 12.1 Å². The van der Waals surface area contributed by atoms with Crippen molar-refractivity contribution in [3.63, 3.8) is 0 Å². The number of hydrogen-bond donors (Lipinski definition) is 1. The number of thiocarbonyl (C=S) groups is 1. The molecule has 0 amide bonds. The van der Waals surface area contributed by atoms with Crippen molar-refractivity contribution in [1.29, 1.82) is 0 Å². The molecule has 88 valence electrons. The van der Waals surface area contributed by atoms with Crippen LogP contribution >= 0.6 is 23.8 Å². The molecular weight excluding hydrogens is 258 g/mol. The second-order valence-corrected chi connectivity index (χ2v) is 4.33. The fourth-order valence-electron chi connectivity index (χ4n) is 1.36. The van der Waals surface area contributed by atoms with Crippen LogP contribution < -0.4 is 10.5 Å². The van der Waals surface area contributed by atoms with Crippen LogP contribution in [0.15, 0.2) is 30.6 Å². The molecule has 2 aromatic rings. The van der Waals surface area contributed by atoms with Crippen molar-refractivity contribution in [2.75, 3.05) is 0 Å². The van der Waals surface area contributed by atoms with Crippen LogP contribution in [0.4, 0.5) is 0 Å². The normalized spacial score (nSPS) is 10.2. The molecule has 0 radical (unpaired) electrons. The summed E-state index contributed by atoms with van der Waals surface area (Å²) in [6.07, 6.45) is 3.34. The standard InChI is InChI=1S/C11H10ClN3OS/c1-15-6-8(5-14-15)16-10-4-7(12)2-3-9(10)11(13)17/h2-6H,1H3,(H2,13,17). The maximum Gasteiger partial charge on any atom is 0.165 e. The van der Waals surface area contributed by atoms with Crippen molar-refractivity contribution < 1.29 is 4.74 Å². The summed E-state index contributed by atoms with van der Waals surface area (Å²) in [6.45, 7) is 0. The van der Waals surface area contributed by atoms with Crippen molar-refractivity contribution in [2.24, 2.45) is 12.8 Å². The molecule has 1 aromatic carbocycles.